The average molecular weight is 274 g/mol. The highest BCUT2D eigenvalue weighted by atomic mass is 32.2. The van der Waals surface area contributed by atoms with Gasteiger partial charge in [0, 0.05) is 6.07 Å². The molecule has 7 nitrogen and oxygen atoms in total. The van der Waals surface area contributed by atoms with Crippen molar-refractivity contribution in [2.75, 3.05) is 6.79 Å². The van der Waals surface area contributed by atoms with Crippen LogP contribution in [0, 0.1) is 0 Å². The van der Waals surface area contributed by atoms with Crippen LogP contribution in [0.25, 0.3) is 0 Å². The molecular weight excluding hydrogens is 264 g/mol. The highest BCUT2D eigenvalue weighted by molar-refractivity contribution is 7.86. The van der Waals surface area contributed by atoms with Crippen molar-refractivity contribution in [3.8, 4) is 11.5 Å². The summed E-state index contributed by atoms with van der Waals surface area (Å²) in [6.07, 6.45) is -1.46. The number of carboxylic acids is 1. The number of rotatable bonds is 4. The summed E-state index contributed by atoms with van der Waals surface area (Å²) in [5, 5.41) is 8.61. The number of aliphatic carboxylic acids is 1. The Morgan fingerprint density at radius 1 is 1.39 bits per heavy atom. The van der Waals surface area contributed by atoms with Crippen LogP contribution in [0.3, 0.4) is 0 Å². The predicted molar refractivity (Wildman–Crippen MR) is 57.9 cm³/mol. The minimum atomic E-state index is -4.14. The first-order valence-electron chi connectivity index (χ1n) is 4.96. The standard InChI is InChI=1S/C10H10O7S/c1-6(10(11)12)17-18(13,14)7-2-3-8-9(4-7)16-5-15-8/h2-4,6H,5H2,1H3,(H,11,12). The second-order valence-corrected chi connectivity index (χ2v) is 5.12. The van der Waals surface area contributed by atoms with Crippen LogP contribution < -0.4 is 9.47 Å². The van der Waals surface area contributed by atoms with Crippen molar-refractivity contribution in [2.45, 2.75) is 17.9 Å². The van der Waals surface area contributed by atoms with E-state index in [0.29, 0.717) is 5.75 Å². The van der Waals surface area contributed by atoms with Crippen LogP contribution in [-0.4, -0.2) is 32.4 Å². The zero-order valence-corrected chi connectivity index (χ0v) is 10.1. The van der Waals surface area contributed by atoms with Gasteiger partial charge in [-0.3, -0.25) is 4.18 Å². The molecular formula is C10H10O7S. The van der Waals surface area contributed by atoms with Gasteiger partial charge in [-0.15, -0.1) is 0 Å². The van der Waals surface area contributed by atoms with Gasteiger partial charge in [0.05, 0.1) is 4.90 Å². The Bertz CT molecular complexity index is 578. The van der Waals surface area contributed by atoms with E-state index in [9.17, 15) is 13.2 Å². The zero-order valence-electron chi connectivity index (χ0n) is 9.32. The second kappa shape index (κ2) is 4.46. The lowest BCUT2D eigenvalue weighted by Gasteiger charge is -2.09. The van der Waals surface area contributed by atoms with E-state index in [2.05, 4.69) is 4.18 Å². The van der Waals surface area contributed by atoms with Crippen molar-refractivity contribution in [3.63, 3.8) is 0 Å². The predicted octanol–water partition coefficient (Wildman–Crippen LogP) is 0.594. The minimum Gasteiger partial charge on any atom is -0.479 e. The Balaban J connectivity index is 2.28. The molecule has 1 aromatic rings. The van der Waals surface area contributed by atoms with Crippen molar-refractivity contribution in [1.29, 1.82) is 0 Å². The van der Waals surface area contributed by atoms with Gasteiger partial charge < -0.3 is 14.6 Å². The number of fused-ring (bicyclic) bond motifs is 1. The van der Waals surface area contributed by atoms with Crippen molar-refractivity contribution in [2.24, 2.45) is 0 Å². The molecule has 0 aromatic heterocycles. The van der Waals surface area contributed by atoms with Crippen molar-refractivity contribution >= 4 is 16.1 Å². The van der Waals surface area contributed by atoms with Gasteiger partial charge in [0.25, 0.3) is 10.1 Å². The average Bonchev–Trinajstić information content (AvgIpc) is 2.74. The summed E-state index contributed by atoms with van der Waals surface area (Å²) in [6.45, 7) is 1.15. The Labute approximate surface area is 103 Å². The van der Waals surface area contributed by atoms with Crippen molar-refractivity contribution in [3.05, 3.63) is 18.2 Å². The van der Waals surface area contributed by atoms with Gasteiger partial charge in [0.1, 0.15) is 0 Å². The van der Waals surface area contributed by atoms with Gasteiger partial charge in [-0.2, -0.15) is 8.42 Å². The summed E-state index contributed by atoms with van der Waals surface area (Å²) >= 11 is 0. The lowest BCUT2D eigenvalue weighted by Crippen LogP contribution is -2.23. The van der Waals surface area contributed by atoms with E-state index in [0.717, 1.165) is 6.92 Å². The first-order chi connectivity index (χ1) is 8.40. The molecule has 0 saturated heterocycles. The monoisotopic (exact) mass is 274 g/mol. The number of benzene rings is 1. The van der Waals surface area contributed by atoms with Crippen LogP contribution in [0.15, 0.2) is 23.1 Å². The van der Waals surface area contributed by atoms with Crippen LogP contribution in [-0.2, 0) is 19.1 Å². The molecule has 1 heterocycles. The molecule has 0 bridgehead atoms. The van der Waals surface area contributed by atoms with Gasteiger partial charge in [-0.05, 0) is 19.1 Å². The lowest BCUT2D eigenvalue weighted by molar-refractivity contribution is -0.144. The van der Waals surface area contributed by atoms with Crippen LogP contribution in [0.4, 0.5) is 0 Å². The molecule has 1 atom stereocenters. The first-order valence-corrected chi connectivity index (χ1v) is 6.37. The quantitative estimate of drug-likeness (QED) is 0.802. The van der Waals surface area contributed by atoms with Crippen molar-refractivity contribution in [1.82, 2.24) is 0 Å². The summed E-state index contributed by atoms with van der Waals surface area (Å²) in [7, 11) is -4.14. The molecule has 1 unspecified atom stereocenters. The molecule has 18 heavy (non-hydrogen) atoms. The normalized spacial score (nSPS) is 15.4. The highest BCUT2D eigenvalue weighted by Crippen LogP contribution is 2.34. The summed E-state index contributed by atoms with van der Waals surface area (Å²) in [4.78, 5) is 10.4. The number of ether oxygens (including phenoxy) is 2. The maximum Gasteiger partial charge on any atom is 0.334 e. The molecule has 2 rings (SSSR count). The van der Waals surface area contributed by atoms with E-state index in [4.69, 9.17) is 14.6 Å². The van der Waals surface area contributed by atoms with E-state index < -0.39 is 22.2 Å². The van der Waals surface area contributed by atoms with Crippen LogP contribution >= 0.6 is 0 Å². The molecule has 1 aromatic carbocycles. The maximum atomic E-state index is 11.8. The molecule has 1 aliphatic heterocycles. The topological polar surface area (TPSA) is 99.1 Å². The van der Waals surface area contributed by atoms with Gasteiger partial charge >= 0.3 is 5.97 Å². The van der Waals surface area contributed by atoms with Crippen molar-refractivity contribution < 1.29 is 32.0 Å². The van der Waals surface area contributed by atoms with Gasteiger partial charge in [0.15, 0.2) is 17.6 Å². The Kier molecular flexibility index (Phi) is 3.14. The third kappa shape index (κ3) is 2.39. The third-order valence-corrected chi connectivity index (χ3v) is 3.62. The Morgan fingerprint density at radius 3 is 2.72 bits per heavy atom. The molecule has 98 valence electrons. The van der Waals surface area contributed by atoms with Gasteiger partial charge in [0.2, 0.25) is 6.79 Å². The molecule has 0 amide bonds. The van der Waals surface area contributed by atoms with Gasteiger partial charge in [-0.1, -0.05) is 0 Å². The minimum absolute atomic E-state index is 0.0191. The van der Waals surface area contributed by atoms with Gasteiger partial charge in [-0.25, -0.2) is 4.79 Å². The third-order valence-electron chi connectivity index (χ3n) is 2.25. The Morgan fingerprint density at radius 2 is 2.06 bits per heavy atom. The largest absolute Gasteiger partial charge is 0.479 e. The first kappa shape index (κ1) is 12.7. The number of carbonyl (C=O) groups is 1. The summed E-state index contributed by atoms with van der Waals surface area (Å²) in [5.74, 6) is -0.651. The van der Waals surface area contributed by atoms with E-state index in [1.54, 1.807) is 0 Å². The van der Waals surface area contributed by atoms with E-state index in [1.807, 2.05) is 0 Å². The molecule has 0 saturated carbocycles. The molecule has 1 aliphatic rings. The lowest BCUT2D eigenvalue weighted by atomic mass is 10.3. The van der Waals surface area contributed by atoms with E-state index >= 15 is 0 Å². The van der Waals surface area contributed by atoms with Crippen LogP contribution in [0.1, 0.15) is 6.92 Å². The number of carboxylic acid groups (broad SMARTS) is 1. The molecule has 1 N–H and O–H groups in total. The van der Waals surface area contributed by atoms with Crippen LogP contribution in [0.5, 0.6) is 11.5 Å². The van der Waals surface area contributed by atoms with E-state index in [-0.39, 0.29) is 17.4 Å². The maximum absolute atomic E-state index is 11.8. The number of hydrogen-bond acceptors (Lipinski definition) is 6. The molecule has 0 spiro atoms. The number of hydrogen-bond donors (Lipinski definition) is 1. The molecule has 8 heteroatoms. The highest BCUT2D eigenvalue weighted by Gasteiger charge is 2.25. The smallest absolute Gasteiger partial charge is 0.334 e. The fraction of sp³-hybridized carbons (Fsp3) is 0.300. The summed E-state index contributed by atoms with van der Waals surface area (Å²) in [5.41, 5.74) is 0. The van der Waals surface area contributed by atoms with Crippen LogP contribution in [0.2, 0.25) is 0 Å². The fourth-order valence-corrected chi connectivity index (χ4v) is 2.38. The second-order valence-electron chi connectivity index (χ2n) is 3.55. The molecule has 0 aliphatic carbocycles. The fourth-order valence-electron chi connectivity index (χ4n) is 1.32. The summed E-state index contributed by atoms with van der Waals surface area (Å²) in [6, 6.07) is 3.91. The Hall–Kier alpha value is -1.80. The van der Waals surface area contributed by atoms with E-state index in [1.165, 1.54) is 18.2 Å². The zero-order chi connectivity index (χ0) is 13.3. The molecule has 0 fully saturated rings. The SMILES string of the molecule is CC(OS(=O)(=O)c1ccc2c(c1)OCO2)C(=O)O. The molecule has 0 radical (unpaired) electrons. The summed E-state index contributed by atoms with van der Waals surface area (Å²) < 4.78 is 38.1.